The highest BCUT2D eigenvalue weighted by molar-refractivity contribution is 6.35. The number of hydrogen-bond acceptors (Lipinski definition) is 7. The first-order valence-corrected chi connectivity index (χ1v) is 12.5. The van der Waals surface area contributed by atoms with Crippen molar-refractivity contribution in [1.29, 1.82) is 0 Å². The molecule has 0 unspecified atom stereocenters. The van der Waals surface area contributed by atoms with E-state index in [1.807, 2.05) is 30.3 Å². The van der Waals surface area contributed by atoms with E-state index in [1.165, 1.54) is 0 Å². The first kappa shape index (κ1) is 24.8. The lowest BCUT2D eigenvalue weighted by atomic mass is 10.2. The van der Waals surface area contributed by atoms with Crippen molar-refractivity contribution in [1.82, 2.24) is 19.7 Å². The SMILES string of the molecule is CCCn1c2ccccc2c2nnc(N/N=C/c3ccc(OCc4c(Cl)cccc4Cl)c(OC)c3)nc21. The first-order chi connectivity index (χ1) is 18.1. The van der Waals surface area contributed by atoms with Gasteiger partial charge < -0.3 is 14.0 Å². The van der Waals surface area contributed by atoms with Gasteiger partial charge in [0.25, 0.3) is 5.95 Å². The van der Waals surface area contributed by atoms with E-state index in [-0.39, 0.29) is 6.61 Å². The van der Waals surface area contributed by atoms with Crippen molar-refractivity contribution in [2.75, 3.05) is 12.5 Å². The Kier molecular flexibility index (Phi) is 7.39. The van der Waals surface area contributed by atoms with Gasteiger partial charge in [-0.15, -0.1) is 10.2 Å². The molecule has 0 fully saturated rings. The van der Waals surface area contributed by atoms with E-state index in [4.69, 9.17) is 32.7 Å². The molecule has 5 aromatic rings. The third-order valence-electron chi connectivity index (χ3n) is 5.82. The Morgan fingerprint density at radius 2 is 1.81 bits per heavy atom. The van der Waals surface area contributed by atoms with Crippen molar-refractivity contribution >= 4 is 57.4 Å². The monoisotopic (exact) mass is 534 g/mol. The molecule has 0 atom stereocenters. The highest BCUT2D eigenvalue weighted by atomic mass is 35.5. The third-order valence-corrected chi connectivity index (χ3v) is 6.53. The molecule has 188 valence electrons. The number of halogens is 2. The Balaban J connectivity index is 1.32. The summed E-state index contributed by atoms with van der Waals surface area (Å²) in [5, 5.41) is 15.0. The van der Waals surface area contributed by atoms with Crippen LogP contribution in [0.1, 0.15) is 24.5 Å². The van der Waals surface area contributed by atoms with Gasteiger partial charge in [0, 0.05) is 27.5 Å². The van der Waals surface area contributed by atoms with Crippen LogP contribution in [-0.4, -0.2) is 33.1 Å². The van der Waals surface area contributed by atoms with Crippen LogP contribution in [0.2, 0.25) is 10.0 Å². The van der Waals surface area contributed by atoms with Crippen LogP contribution in [0, 0.1) is 0 Å². The molecule has 2 aromatic heterocycles. The van der Waals surface area contributed by atoms with Gasteiger partial charge in [-0.2, -0.15) is 10.1 Å². The van der Waals surface area contributed by atoms with Crippen molar-refractivity contribution in [3.8, 4) is 11.5 Å². The van der Waals surface area contributed by atoms with Crippen LogP contribution in [-0.2, 0) is 13.2 Å². The van der Waals surface area contributed by atoms with Crippen molar-refractivity contribution in [2.45, 2.75) is 26.5 Å². The Morgan fingerprint density at radius 1 is 1.00 bits per heavy atom. The van der Waals surface area contributed by atoms with Gasteiger partial charge in [-0.05, 0) is 48.4 Å². The van der Waals surface area contributed by atoms with Crippen LogP contribution in [0.4, 0.5) is 5.95 Å². The predicted molar refractivity (Wildman–Crippen MR) is 148 cm³/mol. The number of anilines is 1. The summed E-state index contributed by atoms with van der Waals surface area (Å²) in [5.74, 6) is 1.42. The minimum atomic E-state index is 0.214. The molecule has 1 N–H and O–H groups in total. The van der Waals surface area contributed by atoms with Crippen LogP contribution in [0.3, 0.4) is 0 Å². The van der Waals surface area contributed by atoms with Gasteiger partial charge in [0.1, 0.15) is 12.1 Å². The van der Waals surface area contributed by atoms with Crippen LogP contribution >= 0.6 is 23.2 Å². The van der Waals surface area contributed by atoms with Crippen molar-refractivity contribution < 1.29 is 9.47 Å². The number of hydrazone groups is 1. The average molecular weight is 535 g/mol. The fourth-order valence-electron chi connectivity index (χ4n) is 4.07. The second-order valence-corrected chi connectivity index (χ2v) is 9.06. The minimum absolute atomic E-state index is 0.214. The van der Waals surface area contributed by atoms with E-state index in [0.717, 1.165) is 40.6 Å². The maximum atomic E-state index is 6.24. The molecule has 0 bridgehead atoms. The molecule has 0 aliphatic carbocycles. The summed E-state index contributed by atoms with van der Waals surface area (Å²) < 4.78 is 13.6. The molecule has 2 heterocycles. The fraction of sp³-hybridized carbons (Fsp3) is 0.185. The maximum Gasteiger partial charge on any atom is 0.265 e. The van der Waals surface area contributed by atoms with Gasteiger partial charge in [-0.3, -0.25) is 0 Å². The van der Waals surface area contributed by atoms with Gasteiger partial charge >= 0.3 is 0 Å². The van der Waals surface area contributed by atoms with Gasteiger partial charge in [-0.25, -0.2) is 5.43 Å². The van der Waals surface area contributed by atoms with Gasteiger partial charge in [-0.1, -0.05) is 54.4 Å². The van der Waals surface area contributed by atoms with E-state index in [2.05, 4.69) is 43.3 Å². The Labute approximate surface area is 223 Å². The summed E-state index contributed by atoms with van der Waals surface area (Å²) in [7, 11) is 1.58. The second-order valence-electron chi connectivity index (χ2n) is 8.25. The molecule has 0 aliphatic rings. The van der Waals surface area contributed by atoms with Gasteiger partial charge in [0.15, 0.2) is 17.1 Å². The van der Waals surface area contributed by atoms with Crippen LogP contribution < -0.4 is 14.9 Å². The fourth-order valence-corrected chi connectivity index (χ4v) is 4.58. The predicted octanol–water partition coefficient (Wildman–Crippen LogP) is 6.73. The minimum Gasteiger partial charge on any atom is -0.493 e. The summed E-state index contributed by atoms with van der Waals surface area (Å²) in [6.07, 6.45) is 2.62. The summed E-state index contributed by atoms with van der Waals surface area (Å²) in [5.41, 5.74) is 7.03. The number of ether oxygens (including phenoxy) is 2. The average Bonchev–Trinajstić information content (AvgIpc) is 3.22. The molecular formula is C27H24Cl2N6O2. The molecule has 0 saturated heterocycles. The summed E-state index contributed by atoms with van der Waals surface area (Å²) in [4.78, 5) is 4.68. The van der Waals surface area contributed by atoms with E-state index >= 15 is 0 Å². The van der Waals surface area contributed by atoms with E-state index < -0.39 is 0 Å². The number of benzene rings is 3. The summed E-state index contributed by atoms with van der Waals surface area (Å²) in [6.45, 7) is 3.18. The lowest BCUT2D eigenvalue weighted by Gasteiger charge is -2.13. The number of aromatic nitrogens is 4. The molecule has 8 nitrogen and oxygen atoms in total. The van der Waals surface area contributed by atoms with Crippen molar-refractivity contribution in [3.05, 3.63) is 81.8 Å². The normalized spacial score (nSPS) is 11.5. The highest BCUT2D eigenvalue weighted by Crippen LogP contribution is 2.31. The van der Waals surface area contributed by atoms with Crippen molar-refractivity contribution in [2.24, 2.45) is 5.10 Å². The molecule has 3 aromatic carbocycles. The zero-order valence-electron chi connectivity index (χ0n) is 20.3. The Hall–Kier alpha value is -3.88. The zero-order valence-corrected chi connectivity index (χ0v) is 21.8. The molecule has 0 saturated carbocycles. The van der Waals surface area contributed by atoms with E-state index in [9.17, 15) is 0 Å². The number of nitrogens with zero attached hydrogens (tertiary/aromatic N) is 5. The van der Waals surface area contributed by atoms with Gasteiger partial charge in [0.05, 0.1) is 18.8 Å². The third kappa shape index (κ3) is 5.16. The summed E-state index contributed by atoms with van der Waals surface area (Å²) >= 11 is 12.5. The number of aryl methyl sites for hydroxylation is 1. The van der Waals surface area contributed by atoms with E-state index in [0.29, 0.717) is 33.1 Å². The lowest BCUT2D eigenvalue weighted by Crippen LogP contribution is -2.03. The number of fused-ring (bicyclic) bond motifs is 3. The standard InChI is InChI=1S/C27H24Cl2N6O2/c1-3-13-35-22-10-5-4-7-18(22)25-26(35)31-27(34-32-25)33-30-15-17-11-12-23(24(14-17)36-2)37-16-19-20(28)8-6-9-21(19)29/h4-12,14-15H,3,13,16H2,1-2H3,(H,31,33,34)/b30-15+. The number of rotatable bonds is 9. The summed E-state index contributed by atoms with van der Waals surface area (Å²) in [6, 6.07) is 18.9. The lowest BCUT2D eigenvalue weighted by molar-refractivity contribution is 0.284. The smallest absolute Gasteiger partial charge is 0.265 e. The highest BCUT2D eigenvalue weighted by Gasteiger charge is 2.14. The van der Waals surface area contributed by atoms with E-state index in [1.54, 1.807) is 37.6 Å². The topological polar surface area (TPSA) is 86.5 Å². The number of methoxy groups -OCH3 is 1. The zero-order chi connectivity index (χ0) is 25.8. The number of para-hydroxylation sites is 1. The molecule has 5 rings (SSSR count). The molecule has 0 amide bonds. The molecular weight excluding hydrogens is 511 g/mol. The van der Waals surface area contributed by atoms with Crippen LogP contribution in [0.25, 0.3) is 22.1 Å². The maximum absolute atomic E-state index is 6.24. The second kappa shape index (κ2) is 11.0. The Morgan fingerprint density at radius 3 is 2.59 bits per heavy atom. The quantitative estimate of drug-likeness (QED) is 0.166. The number of hydrogen-bond donors (Lipinski definition) is 1. The molecule has 37 heavy (non-hydrogen) atoms. The van der Waals surface area contributed by atoms with Crippen molar-refractivity contribution in [3.63, 3.8) is 0 Å². The molecule has 0 radical (unpaired) electrons. The first-order valence-electron chi connectivity index (χ1n) is 11.7. The van der Waals surface area contributed by atoms with Crippen LogP contribution in [0.5, 0.6) is 11.5 Å². The van der Waals surface area contributed by atoms with Gasteiger partial charge in [0.2, 0.25) is 0 Å². The molecule has 0 aliphatic heterocycles. The number of nitrogens with one attached hydrogen (secondary N) is 1. The Bertz CT molecular complexity index is 1580. The largest absolute Gasteiger partial charge is 0.493 e. The molecule has 0 spiro atoms. The molecule has 10 heteroatoms. The van der Waals surface area contributed by atoms with Crippen LogP contribution in [0.15, 0.2) is 65.8 Å².